The van der Waals surface area contributed by atoms with Crippen molar-refractivity contribution < 1.29 is 14.3 Å². The third kappa shape index (κ3) is 3.52. The van der Waals surface area contributed by atoms with Crippen molar-refractivity contribution in [3.8, 4) is 5.75 Å². The lowest BCUT2D eigenvalue weighted by atomic mass is 9.89. The highest BCUT2D eigenvalue weighted by Crippen LogP contribution is 2.36. The van der Waals surface area contributed by atoms with Crippen LogP contribution in [0.5, 0.6) is 5.75 Å². The highest BCUT2D eigenvalue weighted by atomic mass is 32.1. The van der Waals surface area contributed by atoms with Gasteiger partial charge in [0.2, 0.25) is 0 Å². The molecule has 3 aromatic rings. The molecule has 0 N–H and O–H groups in total. The second-order valence-corrected chi connectivity index (χ2v) is 9.73. The van der Waals surface area contributed by atoms with Gasteiger partial charge in [-0.25, -0.2) is 4.98 Å². The molecular formula is C24H25N3O4S. The van der Waals surface area contributed by atoms with Gasteiger partial charge in [-0.05, 0) is 55.4 Å². The number of aryl methyl sites for hydroxylation is 1. The zero-order valence-corrected chi connectivity index (χ0v) is 19.0. The molecule has 0 fully saturated rings. The molecule has 3 heterocycles. The zero-order valence-electron chi connectivity index (χ0n) is 18.2. The number of hydrogen-bond donors (Lipinski definition) is 0. The first-order valence-corrected chi connectivity index (χ1v) is 11.9. The summed E-state index contributed by atoms with van der Waals surface area (Å²) in [6, 6.07) is 5.10. The van der Waals surface area contributed by atoms with E-state index in [0.717, 1.165) is 36.1 Å². The first-order valence-electron chi connectivity index (χ1n) is 11.1. The molecule has 0 bridgehead atoms. The number of Topliss-reactive ketones (excluding diaryl/α,β-unsaturated/α-hetero) is 1. The largest absolute Gasteiger partial charge is 0.482 e. The van der Waals surface area contributed by atoms with Crippen LogP contribution in [0.25, 0.3) is 10.2 Å². The van der Waals surface area contributed by atoms with E-state index >= 15 is 0 Å². The molecule has 1 aromatic carbocycles. The number of carbonyl (C=O) groups is 2. The average Bonchev–Trinajstić information content (AvgIpc) is 3.15. The predicted octanol–water partition coefficient (Wildman–Crippen LogP) is 3.60. The fourth-order valence-corrected chi connectivity index (χ4v) is 5.91. The molecule has 7 nitrogen and oxygen atoms in total. The van der Waals surface area contributed by atoms with Gasteiger partial charge in [0.25, 0.3) is 11.5 Å². The van der Waals surface area contributed by atoms with Crippen LogP contribution in [0, 0.1) is 5.92 Å². The molecule has 1 aliphatic heterocycles. The third-order valence-corrected chi connectivity index (χ3v) is 7.43. The van der Waals surface area contributed by atoms with Crippen LogP contribution < -0.4 is 15.2 Å². The lowest BCUT2D eigenvalue weighted by molar-refractivity contribution is -0.121. The SMILES string of the molecule is CCCN1C(=O)COc2ccc(C(=O)Cn3cnc4sc5c(c4c3=O)CCC(C)C5)cc21. The first kappa shape index (κ1) is 20.9. The number of benzene rings is 1. The van der Waals surface area contributed by atoms with Crippen LogP contribution >= 0.6 is 11.3 Å². The Hall–Kier alpha value is -3.00. The maximum atomic E-state index is 13.2. The summed E-state index contributed by atoms with van der Waals surface area (Å²) in [6.07, 6.45) is 5.21. The molecule has 5 rings (SSSR count). The number of hydrogen-bond acceptors (Lipinski definition) is 6. The third-order valence-electron chi connectivity index (χ3n) is 6.27. The van der Waals surface area contributed by atoms with E-state index < -0.39 is 0 Å². The average molecular weight is 452 g/mol. The summed E-state index contributed by atoms with van der Waals surface area (Å²) in [5.41, 5.74) is 2.01. The quantitative estimate of drug-likeness (QED) is 0.554. The minimum absolute atomic E-state index is 0.00507. The minimum Gasteiger partial charge on any atom is -0.482 e. The van der Waals surface area contributed by atoms with Crippen LogP contribution in [0.1, 0.15) is 47.5 Å². The molecule has 1 amide bonds. The number of nitrogens with zero attached hydrogens (tertiary/aromatic N) is 3. The number of aromatic nitrogens is 2. The monoisotopic (exact) mass is 451 g/mol. The van der Waals surface area contributed by atoms with Crippen LogP contribution in [0.3, 0.4) is 0 Å². The van der Waals surface area contributed by atoms with Crippen LogP contribution in [-0.2, 0) is 24.2 Å². The summed E-state index contributed by atoms with van der Waals surface area (Å²) >= 11 is 1.60. The van der Waals surface area contributed by atoms with Crippen molar-refractivity contribution in [3.63, 3.8) is 0 Å². The Labute approximate surface area is 189 Å². The number of rotatable bonds is 5. The molecule has 0 spiro atoms. The minimum atomic E-state index is -0.205. The Balaban J connectivity index is 1.46. The summed E-state index contributed by atoms with van der Waals surface area (Å²) in [5.74, 6) is 0.884. The van der Waals surface area contributed by atoms with Gasteiger partial charge in [-0.1, -0.05) is 13.8 Å². The predicted molar refractivity (Wildman–Crippen MR) is 124 cm³/mol. The maximum absolute atomic E-state index is 13.2. The van der Waals surface area contributed by atoms with E-state index in [4.69, 9.17) is 4.74 Å². The number of thiophene rings is 1. The highest BCUT2D eigenvalue weighted by Gasteiger charge is 2.27. The number of ether oxygens (including phenoxy) is 1. The lowest BCUT2D eigenvalue weighted by Gasteiger charge is -2.29. The van der Waals surface area contributed by atoms with E-state index in [2.05, 4.69) is 11.9 Å². The van der Waals surface area contributed by atoms with Crippen molar-refractivity contribution in [2.75, 3.05) is 18.1 Å². The van der Waals surface area contributed by atoms with Crippen molar-refractivity contribution >= 4 is 38.9 Å². The van der Waals surface area contributed by atoms with Gasteiger partial charge in [0, 0.05) is 17.0 Å². The molecule has 32 heavy (non-hydrogen) atoms. The van der Waals surface area contributed by atoms with Gasteiger partial charge in [0.05, 0.1) is 23.9 Å². The number of anilines is 1. The Morgan fingerprint density at radius 2 is 2.16 bits per heavy atom. The van der Waals surface area contributed by atoms with Crippen LogP contribution in [-0.4, -0.2) is 34.4 Å². The van der Waals surface area contributed by atoms with Crippen molar-refractivity contribution in [1.29, 1.82) is 0 Å². The van der Waals surface area contributed by atoms with E-state index in [0.29, 0.717) is 34.8 Å². The molecule has 1 unspecified atom stereocenters. The van der Waals surface area contributed by atoms with Gasteiger partial charge < -0.3 is 9.64 Å². The molecule has 8 heteroatoms. The topological polar surface area (TPSA) is 81.5 Å². The van der Waals surface area contributed by atoms with Crippen molar-refractivity contribution in [3.05, 3.63) is 50.9 Å². The van der Waals surface area contributed by atoms with Gasteiger partial charge in [-0.3, -0.25) is 19.0 Å². The normalized spacial score (nSPS) is 17.8. The van der Waals surface area contributed by atoms with E-state index in [1.165, 1.54) is 15.8 Å². The summed E-state index contributed by atoms with van der Waals surface area (Å²) in [5, 5.41) is 0.672. The molecule has 0 radical (unpaired) electrons. The number of carbonyl (C=O) groups excluding carboxylic acids is 2. The molecule has 1 atom stereocenters. The van der Waals surface area contributed by atoms with Gasteiger partial charge in [-0.2, -0.15) is 0 Å². The molecule has 2 aliphatic rings. The van der Waals surface area contributed by atoms with Crippen molar-refractivity contribution in [2.24, 2.45) is 5.92 Å². The second kappa shape index (κ2) is 8.16. The van der Waals surface area contributed by atoms with Gasteiger partial charge in [-0.15, -0.1) is 11.3 Å². The van der Waals surface area contributed by atoms with Crippen molar-refractivity contribution in [2.45, 2.75) is 46.1 Å². The smallest absolute Gasteiger partial charge is 0.265 e. The molecular weight excluding hydrogens is 426 g/mol. The standard InChI is InChI=1S/C24H25N3O4S/c1-3-8-27-17-10-15(5-7-19(17)31-12-21(27)29)18(28)11-26-13-25-23-22(24(26)30)16-6-4-14(2)9-20(16)32-23/h5,7,10,13-14H,3-4,6,8-9,11-12H2,1-2H3. The Bertz CT molecular complexity index is 1290. The fourth-order valence-electron chi connectivity index (χ4n) is 4.57. The van der Waals surface area contributed by atoms with Crippen molar-refractivity contribution in [1.82, 2.24) is 9.55 Å². The first-order chi connectivity index (χ1) is 15.5. The van der Waals surface area contributed by atoms with Gasteiger partial charge in [0.15, 0.2) is 12.4 Å². The van der Waals surface area contributed by atoms with Gasteiger partial charge in [0.1, 0.15) is 10.6 Å². The highest BCUT2D eigenvalue weighted by molar-refractivity contribution is 7.18. The molecule has 0 saturated carbocycles. The summed E-state index contributed by atoms with van der Waals surface area (Å²) in [6.45, 7) is 4.71. The van der Waals surface area contributed by atoms with E-state index in [-0.39, 0.29) is 30.4 Å². The number of fused-ring (bicyclic) bond motifs is 4. The Morgan fingerprint density at radius 3 is 2.97 bits per heavy atom. The fraction of sp³-hybridized carbons (Fsp3) is 0.417. The summed E-state index contributed by atoms with van der Waals surface area (Å²) in [7, 11) is 0. The lowest BCUT2D eigenvalue weighted by Crippen LogP contribution is -2.39. The second-order valence-electron chi connectivity index (χ2n) is 8.65. The Kier molecular flexibility index (Phi) is 5.33. The van der Waals surface area contributed by atoms with E-state index in [1.54, 1.807) is 34.4 Å². The number of amides is 1. The Morgan fingerprint density at radius 1 is 1.31 bits per heavy atom. The summed E-state index contributed by atoms with van der Waals surface area (Å²) < 4.78 is 6.92. The number of ketones is 1. The van der Waals surface area contributed by atoms with Crippen LogP contribution in [0.15, 0.2) is 29.3 Å². The maximum Gasteiger partial charge on any atom is 0.265 e. The van der Waals surface area contributed by atoms with Crippen LogP contribution in [0.2, 0.25) is 0 Å². The zero-order chi connectivity index (χ0) is 22.4. The van der Waals surface area contributed by atoms with Crippen LogP contribution in [0.4, 0.5) is 5.69 Å². The molecule has 2 aromatic heterocycles. The molecule has 1 aliphatic carbocycles. The molecule has 166 valence electrons. The summed E-state index contributed by atoms with van der Waals surface area (Å²) in [4.78, 5) is 46.7. The van der Waals surface area contributed by atoms with Gasteiger partial charge >= 0.3 is 0 Å². The molecule has 0 saturated heterocycles. The van der Waals surface area contributed by atoms with E-state index in [9.17, 15) is 14.4 Å². The van der Waals surface area contributed by atoms with E-state index in [1.807, 2.05) is 6.92 Å².